The average Bonchev–Trinajstić information content (AvgIpc) is 2.28. The number of nitrogens with two attached hydrogens (primary N) is 1. The Balaban J connectivity index is 3.02. The van der Waals surface area contributed by atoms with E-state index in [-0.39, 0.29) is 22.9 Å². The Bertz CT molecular complexity index is 495. The number of hydrogen-bond acceptors (Lipinski definition) is 3. The van der Waals surface area contributed by atoms with Crippen molar-refractivity contribution in [3.8, 4) is 0 Å². The molecule has 0 heterocycles. The zero-order valence-corrected chi connectivity index (χ0v) is 12.2. The third-order valence-corrected chi connectivity index (χ3v) is 4.59. The van der Waals surface area contributed by atoms with Crippen molar-refractivity contribution in [1.29, 1.82) is 0 Å². The lowest BCUT2D eigenvalue weighted by Gasteiger charge is -2.18. The third-order valence-electron chi connectivity index (χ3n) is 3.04. The SMILES string of the molecule is CC(N)c1cccc(S(=O)(=O)NC(C)C(C)C)c1. The summed E-state index contributed by atoms with van der Waals surface area (Å²) in [7, 11) is -3.47. The van der Waals surface area contributed by atoms with Gasteiger partial charge in [-0.15, -0.1) is 0 Å². The molecule has 1 rings (SSSR count). The molecule has 2 unspecified atom stereocenters. The van der Waals surface area contributed by atoms with Gasteiger partial charge in [0.25, 0.3) is 0 Å². The summed E-state index contributed by atoms with van der Waals surface area (Å²) in [5.74, 6) is 0.247. The van der Waals surface area contributed by atoms with Gasteiger partial charge in [-0.2, -0.15) is 0 Å². The Kier molecular flexibility index (Phi) is 4.90. The average molecular weight is 270 g/mol. The van der Waals surface area contributed by atoms with Gasteiger partial charge >= 0.3 is 0 Å². The highest BCUT2D eigenvalue weighted by atomic mass is 32.2. The van der Waals surface area contributed by atoms with Crippen LogP contribution in [0.4, 0.5) is 0 Å². The van der Waals surface area contributed by atoms with E-state index >= 15 is 0 Å². The molecule has 0 aliphatic heterocycles. The first kappa shape index (κ1) is 15.1. The lowest BCUT2D eigenvalue weighted by Crippen LogP contribution is -2.36. The summed E-state index contributed by atoms with van der Waals surface area (Å²) in [6.07, 6.45) is 0. The Morgan fingerprint density at radius 3 is 2.28 bits per heavy atom. The number of nitrogens with one attached hydrogen (secondary N) is 1. The Hall–Kier alpha value is -0.910. The molecule has 0 bridgehead atoms. The summed E-state index contributed by atoms with van der Waals surface area (Å²) < 4.78 is 27.0. The molecule has 0 aliphatic rings. The fraction of sp³-hybridized carbons (Fsp3) is 0.538. The molecule has 5 heteroatoms. The Labute approximate surface area is 110 Å². The quantitative estimate of drug-likeness (QED) is 0.860. The summed E-state index contributed by atoms with van der Waals surface area (Å²) in [6, 6.07) is 6.47. The zero-order chi connectivity index (χ0) is 13.9. The molecule has 0 spiro atoms. The number of hydrogen-bond donors (Lipinski definition) is 2. The first-order valence-corrected chi connectivity index (χ1v) is 7.60. The van der Waals surface area contributed by atoms with Crippen LogP contribution in [0.2, 0.25) is 0 Å². The van der Waals surface area contributed by atoms with Gasteiger partial charge in [0.1, 0.15) is 0 Å². The minimum Gasteiger partial charge on any atom is -0.324 e. The molecule has 0 saturated carbocycles. The monoisotopic (exact) mass is 270 g/mol. The number of rotatable bonds is 5. The van der Waals surface area contributed by atoms with Crippen LogP contribution in [0.25, 0.3) is 0 Å². The van der Waals surface area contributed by atoms with Gasteiger partial charge in [0.2, 0.25) is 10.0 Å². The minimum atomic E-state index is -3.47. The van der Waals surface area contributed by atoms with Crippen molar-refractivity contribution >= 4 is 10.0 Å². The topological polar surface area (TPSA) is 72.2 Å². The smallest absolute Gasteiger partial charge is 0.240 e. The Morgan fingerprint density at radius 1 is 1.17 bits per heavy atom. The third kappa shape index (κ3) is 3.80. The molecule has 0 saturated heterocycles. The normalized spacial score (nSPS) is 15.7. The van der Waals surface area contributed by atoms with Crippen molar-refractivity contribution in [2.24, 2.45) is 11.7 Å². The summed E-state index contributed by atoms with van der Waals surface area (Å²) in [5.41, 5.74) is 6.58. The standard InChI is InChI=1S/C13H22N2O2S/c1-9(2)11(4)15-18(16,17)13-7-5-6-12(8-13)10(3)14/h5-11,15H,14H2,1-4H3. The molecule has 1 aromatic carbocycles. The molecule has 2 atom stereocenters. The van der Waals surface area contributed by atoms with Crippen molar-refractivity contribution in [1.82, 2.24) is 4.72 Å². The van der Waals surface area contributed by atoms with Crippen molar-refractivity contribution in [2.75, 3.05) is 0 Å². The van der Waals surface area contributed by atoms with E-state index in [9.17, 15) is 8.42 Å². The maximum absolute atomic E-state index is 12.2. The van der Waals surface area contributed by atoms with Crippen molar-refractivity contribution in [3.63, 3.8) is 0 Å². The van der Waals surface area contributed by atoms with Crippen molar-refractivity contribution in [3.05, 3.63) is 29.8 Å². The summed E-state index contributed by atoms with van der Waals surface area (Å²) >= 11 is 0. The zero-order valence-electron chi connectivity index (χ0n) is 11.3. The van der Waals surface area contributed by atoms with E-state index in [1.165, 1.54) is 0 Å². The molecular weight excluding hydrogens is 248 g/mol. The highest BCUT2D eigenvalue weighted by molar-refractivity contribution is 7.89. The van der Waals surface area contributed by atoms with Gasteiger partial charge in [-0.05, 0) is 37.5 Å². The highest BCUT2D eigenvalue weighted by Gasteiger charge is 2.19. The molecule has 0 fully saturated rings. The largest absolute Gasteiger partial charge is 0.324 e. The van der Waals surface area contributed by atoms with E-state index < -0.39 is 10.0 Å². The van der Waals surface area contributed by atoms with Gasteiger partial charge in [-0.3, -0.25) is 0 Å². The van der Waals surface area contributed by atoms with Crippen LogP contribution in [0.3, 0.4) is 0 Å². The molecule has 0 aromatic heterocycles. The fourth-order valence-corrected chi connectivity index (χ4v) is 2.86. The molecule has 1 aromatic rings. The maximum atomic E-state index is 12.2. The van der Waals surface area contributed by atoms with Crippen LogP contribution >= 0.6 is 0 Å². The van der Waals surface area contributed by atoms with Crippen LogP contribution in [0.1, 0.15) is 39.3 Å². The van der Waals surface area contributed by atoms with E-state index in [0.717, 1.165) is 5.56 Å². The predicted molar refractivity (Wildman–Crippen MR) is 73.7 cm³/mol. The van der Waals surface area contributed by atoms with Gasteiger partial charge in [0, 0.05) is 12.1 Å². The molecule has 4 nitrogen and oxygen atoms in total. The second-order valence-corrected chi connectivity index (χ2v) is 6.73. The van der Waals surface area contributed by atoms with Gasteiger partial charge in [0.05, 0.1) is 4.90 Å². The van der Waals surface area contributed by atoms with Crippen LogP contribution in [-0.4, -0.2) is 14.5 Å². The highest BCUT2D eigenvalue weighted by Crippen LogP contribution is 2.16. The van der Waals surface area contributed by atoms with E-state index in [1.54, 1.807) is 18.2 Å². The first-order chi connectivity index (χ1) is 8.24. The lowest BCUT2D eigenvalue weighted by molar-refractivity contribution is 0.476. The van der Waals surface area contributed by atoms with E-state index in [4.69, 9.17) is 5.73 Å². The van der Waals surface area contributed by atoms with Gasteiger partial charge in [-0.1, -0.05) is 26.0 Å². The van der Waals surface area contributed by atoms with Crippen molar-refractivity contribution in [2.45, 2.75) is 44.7 Å². The van der Waals surface area contributed by atoms with Crippen LogP contribution in [0.5, 0.6) is 0 Å². The van der Waals surface area contributed by atoms with Gasteiger partial charge in [-0.25, -0.2) is 13.1 Å². The number of sulfonamides is 1. The van der Waals surface area contributed by atoms with Crippen LogP contribution in [-0.2, 0) is 10.0 Å². The molecule has 18 heavy (non-hydrogen) atoms. The Morgan fingerprint density at radius 2 is 1.78 bits per heavy atom. The molecule has 3 N–H and O–H groups in total. The first-order valence-electron chi connectivity index (χ1n) is 6.12. The maximum Gasteiger partial charge on any atom is 0.240 e. The second kappa shape index (κ2) is 5.82. The van der Waals surface area contributed by atoms with Crippen LogP contribution < -0.4 is 10.5 Å². The van der Waals surface area contributed by atoms with Crippen LogP contribution in [0.15, 0.2) is 29.2 Å². The van der Waals surface area contributed by atoms with Gasteiger partial charge in [0.15, 0.2) is 0 Å². The lowest BCUT2D eigenvalue weighted by atomic mass is 10.1. The van der Waals surface area contributed by atoms with Crippen molar-refractivity contribution < 1.29 is 8.42 Å². The van der Waals surface area contributed by atoms with Crippen LogP contribution in [0, 0.1) is 5.92 Å². The van der Waals surface area contributed by atoms with E-state index in [1.807, 2.05) is 33.8 Å². The van der Waals surface area contributed by atoms with Gasteiger partial charge < -0.3 is 5.73 Å². The molecule has 0 aliphatic carbocycles. The summed E-state index contributed by atoms with van der Waals surface area (Å²) in [5, 5.41) is 0. The second-order valence-electron chi connectivity index (χ2n) is 5.02. The molecule has 0 radical (unpaired) electrons. The molecule has 102 valence electrons. The summed E-state index contributed by atoms with van der Waals surface area (Å²) in [6.45, 7) is 7.64. The van der Waals surface area contributed by atoms with E-state index in [0.29, 0.717) is 0 Å². The number of benzene rings is 1. The summed E-state index contributed by atoms with van der Waals surface area (Å²) in [4.78, 5) is 0.268. The fourth-order valence-electron chi connectivity index (χ4n) is 1.41. The molecular formula is C13H22N2O2S. The molecule has 0 amide bonds. The minimum absolute atomic E-state index is 0.103. The predicted octanol–water partition coefficient (Wildman–Crippen LogP) is 2.03. The van der Waals surface area contributed by atoms with E-state index in [2.05, 4.69) is 4.72 Å².